The molecule has 5 heteroatoms. The normalized spacial score (nSPS) is 20.5. The summed E-state index contributed by atoms with van der Waals surface area (Å²) in [5.74, 6) is -2.34. The third kappa shape index (κ3) is 3.79. The van der Waals surface area contributed by atoms with Crippen LogP contribution in [-0.2, 0) is 11.2 Å². The van der Waals surface area contributed by atoms with Crippen LogP contribution in [0.2, 0.25) is 0 Å². The summed E-state index contributed by atoms with van der Waals surface area (Å²) in [5, 5.41) is 12.7. The first-order chi connectivity index (χ1) is 11.6. The van der Waals surface area contributed by atoms with Crippen LogP contribution in [0.3, 0.4) is 0 Å². The molecule has 0 saturated heterocycles. The Balaban J connectivity index is 1.50. The topological polar surface area (TPSA) is 49.3 Å². The molecule has 1 aliphatic rings. The summed E-state index contributed by atoms with van der Waals surface area (Å²) in [4.78, 5) is 12.1. The van der Waals surface area contributed by atoms with Gasteiger partial charge in [-0.1, -0.05) is 36.4 Å². The minimum Gasteiger partial charge on any atom is -0.391 e. The minimum absolute atomic E-state index is 0.0116. The third-order valence-electron chi connectivity index (χ3n) is 4.32. The maximum Gasteiger partial charge on any atom is 0.223 e. The van der Waals surface area contributed by atoms with E-state index in [2.05, 4.69) is 5.32 Å². The molecule has 1 saturated carbocycles. The number of aliphatic hydroxyl groups excluding tert-OH is 1. The van der Waals surface area contributed by atoms with Crippen molar-refractivity contribution in [2.75, 3.05) is 6.54 Å². The average Bonchev–Trinajstić information content (AvgIpc) is 3.34. The van der Waals surface area contributed by atoms with Gasteiger partial charge in [0.1, 0.15) is 11.6 Å². The van der Waals surface area contributed by atoms with E-state index in [-0.39, 0.29) is 18.0 Å². The summed E-state index contributed by atoms with van der Waals surface area (Å²) in [7, 11) is 0. The van der Waals surface area contributed by atoms with Gasteiger partial charge in [0.05, 0.1) is 6.10 Å². The van der Waals surface area contributed by atoms with Gasteiger partial charge < -0.3 is 10.4 Å². The Morgan fingerprint density at radius 2 is 1.79 bits per heavy atom. The number of amides is 1. The molecule has 0 bridgehead atoms. The average molecular weight is 331 g/mol. The lowest BCUT2D eigenvalue weighted by atomic mass is 10.1. The SMILES string of the molecule is O=C(NCC(O)Cc1ccccc1)C1CC1c1c(F)cccc1F. The van der Waals surface area contributed by atoms with Gasteiger partial charge >= 0.3 is 0 Å². The van der Waals surface area contributed by atoms with Gasteiger partial charge in [0.15, 0.2) is 0 Å². The fourth-order valence-electron chi connectivity index (χ4n) is 2.98. The number of carbonyl (C=O) groups excluding carboxylic acids is 1. The number of carbonyl (C=O) groups is 1. The monoisotopic (exact) mass is 331 g/mol. The van der Waals surface area contributed by atoms with Crippen LogP contribution in [0.25, 0.3) is 0 Å². The molecule has 0 aromatic heterocycles. The number of aliphatic hydroxyl groups is 1. The van der Waals surface area contributed by atoms with Crippen molar-refractivity contribution in [2.24, 2.45) is 5.92 Å². The van der Waals surface area contributed by atoms with Gasteiger partial charge in [-0.3, -0.25) is 4.79 Å². The van der Waals surface area contributed by atoms with Gasteiger partial charge in [-0.05, 0) is 24.1 Å². The van der Waals surface area contributed by atoms with E-state index in [1.54, 1.807) is 0 Å². The second kappa shape index (κ2) is 7.09. The second-order valence-electron chi connectivity index (χ2n) is 6.17. The highest BCUT2D eigenvalue weighted by atomic mass is 19.1. The predicted molar refractivity (Wildman–Crippen MR) is 86.4 cm³/mol. The number of rotatable bonds is 6. The zero-order valence-electron chi connectivity index (χ0n) is 13.1. The van der Waals surface area contributed by atoms with Crippen LogP contribution < -0.4 is 5.32 Å². The van der Waals surface area contributed by atoms with Crippen LogP contribution in [0.5, 0.6) is 0 Å². The van der Waals surface area contributed by atoms with Crippen LogP contribution in [0.4, 0.5) is 8.78 Å². The van der Waals surface area contributed by atoms with E-state index >= 15 is 0 Å². The highest BCUT2D eigenvalue weighted by Gasteiger charge is 2.46. The molecular formula is C19H19F2NO2. The number of nitrogens with one attached hydrogen (secondary N) is 1. The first-order valence-electron chi connectivity index (χ1n) is 8.00. The maximum atomic E-state index is 13.7. The van der Waals surface area contributed by atoms with Crippen molar-refractivity contribution in [2.45, 2.75) is 24.9 Å². The van der Waals surface area contributed by atoms with Gasteiger partial charge in [-0.25, -0.2) is 8.78 Å². The number of halogens is 2. The Hall–Kier alpha value is -2.27. The van der Waals surface area contributed by atoms with Crippen molar-refractivity contribution in [1.29, 1.82) is 0 Å². The van der Waals surface area contributed by atoms with E-state index in [1.165, 1.54) is 18.2 Å². The van der Waals surface area contributed by atoms with E-state index in [0.29, 0.717) is 12.8 Å². The molecule has 1 fully saturated rings. The summed E-state index contributed by atoms with van der Waals surface area (Å²) in [5.41, 5.74) is 0.972. The highest BCUT2D eigenvalue weighted by molar-refractivity contribution is 5.82. The summed E-state index contributed by atoms with van der Waals surface area (Å²) < 4.78 is 27.4. The molecule has 2 aromatic rings. The molecule has 3 nitrogen and oxygen atoms in total. The molecular weight excluding hydrogens is 312 g/mol. The first kappa shape index (κ1) is 16.6. The Kier molecular flexibility index (Phi) is 4.90. The quantitative estimate of drug-likeness (QED) is 0.855. The molecule has 126 valence electrons. The van der Waals surface area contributed by atoms with E-state index in [9.17, 15) is 18.7 Å². The summed E-state index contributed by atoms with van der Waals surface area (Å²) in [6.45, 7) is 0.122. The Labute approximate surface area is 139 Å². The lowest BCUT2D eigenvalue weighted by Gasteiger charge is -2.12. The number of hydrogen-bond acceptors (Lipinski definition) is 2. The molecule has 0 spiro atoms. The third-order valence-corrected chi connectivity index (χ3v) is 4.32. The van der Waals surface area contributed by atoms with Crippen molar-refractivity contribution in [3.63, 3.8) is 0 Å². The summed E-state index contributed by atoms with van der Waals surface area (Å²) in [6, 6.07) is 13.2. The molecule has 2 N–H and O–H groups in total. The Morgan fingerprint density at radius 3 is 2.46 bits per heavy atom. The van der Waals surface area contributed by atoms with Crippen molar-refractivity contribution < 1.29 is 18.7 Å². The molecule has 2 aromatic carbocycles. The highest BCUT2D eigenvalue weighted by Crippen LogP contribution is 2.49. The van der Waals surface area contributed by atoms with Crippen molar-refractivity contribution >= 4 is 5.91 Å². The zero-order valence-corrected chi connectivity index (χ0v) is 13.1. The maximum absolute atomic E-state index is 13.7. The Bertz CT molecular complexity index is 700. The lowest BCUT2D eigenvalue weighted by Crippen LogP contribution is -2.34. The smallest absolute Gasteiger partial charge is 0.223 e. The first-order valence-corrected chi connectivity index (χ1v) is 8.00. The van der Waals surface area contributed by atoms with E-state index in [1.807, 2.05) is 30.3 Å². The van der Waals surface area contributed by atoms with Crippen LogP contribution in [0, 0.1) is 17.6 Å². The molecule has 24 heavy (non-hydrogen) atoms. The molecule has 3 atom stereocenters. The van der Waals surface area contributed by atoms with Crippen LogP contribution in [-0.4, -0.2) is 23.7 Å². The van der Waals surface area contributed by atoms with E-state index in [4.69, 9.17) is 0 Å². The standard InChI is InChI=1S/C19H19F2NO2/c20-16-7-4-8-17(21)18(16)14-10-15(14)19(24)22-11-13(23)9-12-5-2-1-3-6-12/h1-8,13-15,23H,9-11H2,(H,22,24). The van der Waals surface area contributed by atoms with Crippen molar-refractivity contribution in [3.8, 4) is 0 Å². The fourth-order valence-corrected chi connectivity index (χ4v) is 2.98. The molecule has 1 amide bonds. The van der Waals surface area contributed by atoms with Crippen LogP contribution in [0.15, 0.2) is 48.5 Å². The number of benzene rings is 2. The second-order valence-corrected chi connectivity index (χ2v) is 6.17. The van der Waals surface area contributed by atoms with Crippen LogP contribution in [0.1, 0.15) is 23.5 Å². The van der Waals surface area contributed by atoms with E-state index < -0.39 is 29.6 Å². The molecule has 0 heterocycles. The fraction of sp³-hybridized carbons (Fsp3) is 0.316. The molecule has 0 radical (unpaired) electrons. The van der Waals surface area contributed by atoms with E-state index in [0.717, 1.165) is 5.56 Å². The largest absolute Gasteiger partial charge is 0.391 e. The Morgan fingerprint density at radius 1 is 1.12 bits per heavy atom. The van der Waals surface area contributed by atoms with Gasteiger partial charge in [0.25, 0.3) is 0 Å². The van der Waals surface area contributed by atoms with Gasteiger partial charge in [0, 0.05) is 30.4 Å². The predicted octanol–water partition coefficient (Wildman–Crippen LogP) is 2.79. The lowest BCUT2D eigenvalue weighted by molar-refractivity contribution is -0.122. The zero-order chi connectivity index (χ0) is 17.1. The molecule has 1 aliphatic carbocycles. The summed E-state index contributed by atoms with van der Waals surface area (Å²) >= 11 is 0. The number of hydrogen-bond donors (Lipinski definition) is 2. The molecule has 3 unspecified atom stereocenters. The van der Waals surface area contributed by atoms with Gasteiger partial charge in [-0.2, -0.15) is 0 Å². The van der Waals surface area contributed by atoms with Crippen molar-refractivity contribution in [3.05, 3.63) is 71.3 Å². The van der Waals surface area contributed by atoms with Crippen molar-refractivity contribution in [1.82, 2.24) is 5.32 Å². The van der Waals surface area contributed by atoms with Crippen LogP contribution >= 0.6 is 0 Å². The minimum atomic E-state index is -0.696. The summed E-state index contributed by atoms with van der Waals surface area (Å²) in [6.07, 6.45) is 0.175. The van der Waals surface area contributed by atoms with Gasteiger partial charge in [0.2, 0.25) is 5.91 Å². The van der Waals surface area contributed by atoms with Gasteiger partial charge in [-0.15, -0.1) is 0 Å². The molecule has 0 aliphatic heterocycles. The molecule has 3 rings (SSSR count).